The summed E-state index contributed by atoms with van der Waals surface area (Å²) in [4.78, 5) is 21.8. The number of carboxylic acids is 1. The Balaban J connectivity index is 0.000000507. The van der Waals surface area contributed by atoms with E-state index in [4.69, 9.17) is 67.1 Å². The summed E-state index contributed by atoms with van der Waals surface area (Å²) >= 11 is 0. The standard InChI is InChI=1S/C10H18O3.C10H20O3.C10H20O2.C9H16O4.2C9H18O3.C9H16O2.CH4/c1-7(2)13-9-5-3-4-8(6-9)10(11)12;1-4-10-9(11)5-8(6-12-10)13-7(2)3;1-4-10(7-11)5-9(6-10)12-8(2)3;1-5(2)13-7-4-12-8-6(10)3-11-9(7)8;2*1-4-7-9(10)8(5-11-7)12-6(2)3;1-7(2)11-6-9(4-5-9)8(3)10;/h7-9H,3-6H2,1-2H3,(H,11,12);7-11H,4-6H2,1-3H3;8-9,11H,4-7H2,1-3H3;5-10H,3-4H2,1-2H3;2*6-10H,4-5H2,1-3H3;7H,4-6H2,1-3H3;1H4/t8-,9-;8-,9+,10-;;6-,7-,8-,9-;2*7-,8+,9-;;/m01.110../s1. The molecule has 8 aliphatic rings. The summed E-state index contributed by atoms with van der Waals surface area (Å²) in [5, 5.41) is 56.4. The number of ketones is 1. The lowest BCUT2D eigenvalue weighted by Crippen LogP contribution is -2.45. The number of carbonyl (C=O) groups is 2. The van der Waals surface area contributed by atoms with Crippen LogP contribution in [0.5, 0.6) is 0 Å². The van der Waals surface area contributed by atoms with Gasteiger partial charge in [0.1, 0.15) is 54.6 Å². The number of carboxylic acid groups (broad SMARTS) is 1. The van der Waals surface area contributed by atoms with E-state index in [0.29, 0.717) is 71.3 Å². The highest BCUT2D eigenvalue weighted by molar-refractivity contribution is 5.85. The minimum Gasteiger partial charge on any atom is -0.481 e. The number of aliphatic carboxylic acids is 1. The van der Waals surface area contributed by atoms with Crippen LogP contribution in [0.3, 0.4) is 0 Å². The summed E-state index contributed by atoms with van der Waals surface area (Å²) in [5.41, 5.74) is 0.115. The first-order valence-corrected chi connectivity index (χ1v) is 33.1. The van der Waals surface area contributed by atoms with E-state index in [2.05, 4.69) is 20.8 Å². The van der Waals surface area contributed by atoms with Crippen LogP contribution in [0.2, 0.25) is 0 Å². The van der Waals surface area contributed by atoms with Crippen molar-refractivity contribution in [2.75, 3.05) is 46.2 Å². The third kappa shape index (κ3) is 30.8. The van der Waals surface area contributed by atoms with Crippen molar-refractivity contribution in [1.82, 2.24) is 0 Å². The lowest BCUT2D eigenvalue weighted by molar-refractivity contribution is -0.151. The molecular weight excluding hydrogens is 1120 g/mol. The molecule has 0 aromatic rings. The SMILES string of the molecule is C.CC(=O)C1(COC(C)C)CC1.CC(C)O[C@@H]1CO[C@H]2[C@@H]1OC[C@H]2O.CC(C)O[C@H]1CCC[C@H](C(=O)O)C1.CCC1(CO)CC(OC(C)C)C1.CC[C@@H]1OC[C@@H](OC(C)C)[C@H]1O.CC[C@H]1OC[C@H](OC(C)C)C[C@@H]1O.CC[C@H]1OC[C@H](OC(C)C)[C@@H]1O. The van der Waals surface area contributed by atoms with Crippen molar-refractivity contribution in [3.8, 4) is 0 Å². The maximum atomic E-state index is 11.1. The Morgan fingerprint density at radius 2 is 0.943 bits per heavy atom. The number of carbonyl (C=O) groups excluding carboxylic acids is 1. The molecule has 5 heterocycles. The second-order valence-electron chi connectivity index (χ2n) is 26.7. The zero-order chi connectivity index (χ0) is 65.1. The third-order valence-electron chi connectivity index (χ3n) is 16.5. The van der Waals surface area contributed by atoms with E-state index in [1.54, 1.807) is 6.92 Å². The monoisotopic (exact) mass is 1250 g/mol. The number of rotatable bonds is 22. The molecule has 0 aromatic carbocycles. The average Bonchev–Trinajstić information content (AvgIpc) is 2.16. The molecule has 15 atom stereocenters. The molecule has 0 aromatic heterocycles. The minimum atomic E-state index is -0.669. The molecule has 6 N–H and O–H groups in total. The minimum absolute atomic E-state index is 0. The van der Waals surface area contributed by atoms with Gasteiger partial charge in [-0.3, -0.25) is 9.59 Å². The smallest absolute Gasteiger partial charge is 0.306 e. The predicted octanol–water partition coefficient (Wildman–Crippen LogP) is 9.61. The van der Waals surface area contributed by atoms with Crippen molar-refractivity contribution < 1.29 is 97.1 Å². The quantitative estimate of drug-likeness (QED) is 0.0589. The van der Waals surface area contributed by atoms with Crippen molar-refractivity contribution >= 4 is 11.8 Å². The maximum Gasteiger partial charge on any atom is 0.306 e. The zero-order valence-electron chi connectivity index (χ0n) is 56.8. The molecule has 8 rings (SSSR count). The number of hydrogen-bond acceptors (Lipinski definition) is 19. The van der Waals surface area contributed by atoms with Crippen molar-refractivity contribution in [2.24, 2.45) is 16.7 Å². The number of Topliss-reactive ketones (excluding diaryl/α,β-unsaturated/α-hetero) is 1. The van der Waals surface area contributed by atoms with E-state index in [1.807, 2.05) is 104 Å². The van der Waals surface area contributed by atoms with E-state index in [9.17, 15) is 30.0 Å². The van der Waals surface area contributed by atoms with E-state index in [1.165, 1.54) is 0 Å². The van der Waals surface area contributed by atoms with Gasteiger partial charge < -0.3 is 87.5 Å². The lowest BCUT2D eigenvalue weighted by atomic mass is 9.65. The van der Waals surface area contributed by atoms with Crippen LogP contribution in [0, 0.1) is 16.7 Å². The van der Waals surface area contributed by atoms with Crippen LogP contribution < -0.4 is 0 Å². The summed E-state index contributed by atoms with van der Waals surface area (Å²) in [5.74, 6) is -0.562. The number of hydrogen-bond donors (Lipinski definition) is 6. The van der Waals surface area contributed by atoms with Gasteiger partial charge in [-0.25, -0.2) is 0 Å². The van der Waals surface area contributed by atoms with Gasteiger partial charge in [-0.1, -0.05) is 41.5 Å². The van der Waals surface area contributed by atoms with Gasteiger partial charge in [0.15, 0.2) is 0 Å². The normalized spacial score (nSPS) is 33.7. The third-order valence-corrected chi connectivity index (χ3v) is 16.5. The number of fused-ring (bicyclic) bond motifs is 1. The Bertz CT molecular complexity index is 1740. The van der Waals surface area contributed by atoms with Crippen LogP contribution in [-0.2, 0) is 66.4 Å². The van der Waals surface area contributed by atoms with E-state index >= 15 is 0 Å². The maximum absolute atomic E-state index is 11.1. The lowest BCUT2D eigenvalue weighted by Gasteiger charge is -2.46. The van der Waals surface area contributed by atoms with E-state index in [-0.39, 0.29) is 134 Å². The van der Waals surface area contributed by atoms with Crippen LogP contribution in [0.25, 0.3) is 0 Å². The van der Waals surface area contributed by atoms with Crippen LogP contribution >= 0.6 is 0 Å². The zero-order valence-corrected chi connectivity index (χ0v) is 56.8. The molecule has 0 bridgehead atoms. The summed E-state index contributed by atoms with van der Waals surface area (Å²) in [7, 11) is 0. The van der Waals surface area contributed by atoms with Crippen LogP contribution in [0.15, 0.2) is 0 Å². The number of aliphatic hydroxyl groups is 5. The fourth-order valence-electron chi connectivity index (χ4n) is 11.4. The molecule has 0 unspecified atom stereocenters. The molecule has 87 heavy (non-hydrogen) atoms. The van der Waals surface area contributed by atoms with Gasteiger partial charge >= 0.3 is 5.97 Å². The Labute approximate surface area is 526 Å². The van der Waals surface area contributed by atoms with Crippen LogP contribution in [-0.4, -0.2) is 223 Å². The molecule has 3 aliphatic carbocycles. The Kier molecular flexibility index (Phi) is 40.9. The molecule has 5 saturated heterocycles. The summed E-state index contributed by atoms with van der Waals surface area (Å²) in [6, 6.07) is 0. The Hall–Kier alpha value is -1.54. The van der Waals surface area contributed by atoms with Gasteiger partial charge in [0.25, 0.3) is 0 Å². The van der Waals surface area contributed by atoms with Crippen LogP contribution in [0.4, 0.5) is 0 Å². The molecule has 3 saturated carbocycles. The highest BCUT2D eigenvalue weighted by Gasteiger charge is 2.49. The first-order chi connectivity index (χ1) is 40.4. The second-order valence-corrected chi connectivity index (χ2v) is 26.7. The van der Waals surface area contributed by atoms with E-state index in [0.717, 1.165) is 70.6 Å². The topological polar surface area (TPSA) is 266 Å². The van der Waals surface area contributed by atoms with Gasteiger partial charge in [-0.2, -0.15) is 0 Å². The van der Waals surface area contributed by atoms with Crippen molar-refractivity contribution in [2.45, 2.75) is 357 Å². The van der Waals surface area contributed by atoms with Gasteiger partial charge in [-0.05, 0) is 180 Å². The van der Waals surface area contributed by atoms with Crippen molar-refractivity contribution in [3.05, 3.63) is 0 Å². The molecule has 0 spiro atoms. The summed E-state index contributed by atoms with van der Waals surface area (Å²) in [6.45, 7) is 41.3. The molecule has 20 heteroatoms. The molecule has 20 nitrogen and oxygen atoms in total. The Morgan fingerprint density at radius 1 is 0.506 bits per heavy atom. The molecule has 0 radical (unpaired) electrons. The fraction of sp³-hybridized carbons (Fsp3) is 0.970. The largest absolute Gasteiger partial charge is 0.481 e. The molecule has 5 aliphatic heterocycles. The van der Waals surface area contributed by atoms with Gasteiger partial charge in [-0.15, -0.1) is 0 Å². The fourth-order valence-corrected chi connectivity index (χ4v) is 11.4. The second kappa shape index (κ2) is 42.6. The van der Waals surface area contributed by atoms with Crippen molar-refractivity contribution in [3.63, 3.8) is 0 Å². The van der Waals surface area contributed by atoms with Gasteiger partial charge in [0, 0.05) is 13.0 Å². The average molecular weight is 1260 g/mol. The first-order valence-electron chi connectivity index (χ1n) is 33.1. The van der Waals surface area contributed by atoms with E-state index < -0.39 is 24.3 Å². The van der Waals surface area contributed by atoms with Gasteiger partial charge in [0.2, 0.25) is 0 Å². The summed E-state index contributed by atoms with van der Waals surface area (Å²) in [6.07, 6.45) is 11.7. The summed E-state index contributed by atoms with van der Waals surface area (Å²) < 4.78 is 65.8. The van der Waals surface area contributed by atoms with Crippen molar-refractivity contribution in [1.29, 1.82) is 0 Å². The highest BCUT2D eigenvalue weighted by Crippen LogP contribution is 2.47. The van der Waals surface area contributed by atoms with Gasteiger partial charge in [0.05, 0.1) is 136 Å². The van der Waals surface area contributed by atoms with Crippen LogP contribution in [0.1, 0.15) is 222 Å². The molecule has 8 fully saturated rings. The first kappa shape index (κ1) is 83.5. The number of ether oxygens (including phenoxy) is 12. The Morgan fingerprint density at radius 3 is 1.33 bits per heavy atom. The predicted molar refractivity (Wildman–Crippen MR) is 337 cm³/mol. The molecular formula is C67H130O20. The molecule has 518 valence electrons. The highest BCUT2D eigenvalue weighted by atomic mass is 16.6. The molecule has 0 amide bonds. The number of aliphatic hydroxyl groups excluding tert-OH is 5.